The zero-order valence-corrected chi connectivity index (χ0v) is 27.4. The standard InChI is InChI=1S/C36H36ClFN6O4/c1-36(26-7-6-23(37)18-27(26)38)47-30-4-2-3-25(33(30)48-36)21-9-13-43(14-10-21)20-32-39-28-17-22(34-40-35(42-41-34)31-12-16-46-31)5-8-29(28)44(32)19-24-11-15-45-24/h2-8,17-18,21,24,31H,9-16,19-20H2,1H3,(H,40,41,42)/t24-,31?,36?/m0/s1. The lowest BCUT2D eigenvalue weighted by molar-refractivity contribution is -0.0712. The van der Waals surface area contributed by atoms with E-state index < -0.39 is 11.6 Å². The van der Waals surface area contributed by atoms with Gasteiger partial charge in [-0.3, -0.25) is 10.00 Å². The molecule has 1 N–H and O–H groups in total. The maximum atomic E-state index is 14.9. The first-order valence-corrected chi connectivity index (χ1v) is 17.1. The average Bonchev–Trinajstić information content (AvgIpc) is 3.73. The van der Waals surface area contributed by atoms with Gasteiger partial charge in [0.25, 0.3) is 5.79 Å². The van der Waals surface area contributed by atoms with Gasteiger partial charge in [0.2, 0.25) is 0 Å². The minimum atomic E-state index is -1.27. The predicted octanol–water partition coefficient (Wildman–Crippen LogP) is 6.89. The quantitative estimate of drug-likeness (QED) is 0.191. The lowest BCUT2D eigenvalue weighted by Crippen LogP contribution is -2.35. The third-order valence-corrected chi connectivity index (χ3v) is 10.4. The van der Waals surface area contributed by atoms with Crippen LogP contribution in [0.4, 0.5) is 4.39 Å². The van der Waals surface area contributed by atoms with Gasteiger partial charge in [-0.15, -0.1) is 0 Å². The molecule has 0 radical (unpaired) electrons. The Morgan fingerprint density at radius 2 is 1.81 bits per heavy atom. The lowest BCUT2D eigenvalue weighted by atomic mass is 9.88. The van der Waals surface area contributed by atoms with Gasteiger partial charge in [0.15, 0.2) is 23.1 Å². The van der Waals surface area contributed by atoms with Gasteiger partial charge >= 0.3 is 0 Å². The molecule has 0 aliphatic carbocycles. The maximum Gasteiger partial charge on any atom is 0.278 e. The number of hydrogen-bond donors (Lipinski definition) is 1. The monoisotopic (exact) mass is 670 g/mol. The Hall–Kier alpha value is -4.03. The molecule has 6 heterocycles. The van der Waals surface area contributed by atoms with Gasteiger partial charge < -0.3 is 23.5 Å². The van der Waals surface area contributed by atoms with E-state index in [1.807, 2.05) is 12.1 Å². The van der Waals surface area contributed by atoms with Crippen LogP contribution in [0.5, 0.6) is 11.5 Å². The van der Waals surface area contributed by atoms with E-state index in [2.05, 4.69) is 43.9 Å². The van der Waals surface area contributed by atoms with Crippen LogP contribution in [-0.2, 0) is 28.4 Å². The smallest absolute Gasteiger partial charge is 0.278 e. The molecular formula is C36H36ClFN6O4. The molecule has 2 aromatic heterocycles. The summed E-state index contributed by atoms with van der Waals surface area (Å²) in [6.07, 6.45) is 4.15. The molecule has 12 heteroatoms. The number of piperidine rings is 1. The van der Waals surface area contributed by atoms with E-state index in [9.17, 15) is 4.39 Å². The molecule has 4 aliphatic heterocycles. The average molecular weight is 671 g/mol. The Morgan fingerprint density at radius 3 is 2.56 bits per heavy atom. The Kier molecular flexibility index (Phi) is 7.41. The summed E-state index contributed by atoms with van der Waals surface area (Å²) < 4.78 is 41.3. The summed E-state index contributed by atoms with van der Waals surface area (Å²) >= 11 is 6.01. The van der Waals surface area contributed by atoms with Crippen LogP contribution in [0.25, 0.3) is 22.4 Å². The van der Waals surface area contributed by atoms with E-state index in [1.54, 1.807) is 19.1 Å². The zero-order chi connectivity index (χ0) is 32.4. The van der Waals surface area contributed by atoms with Crippen molar-refractivity contribution in [1.82, 2.24) is 29.6 Å². The summed E-state index contributed by atoms with van der Waals surface area (Å²) in [4.78, 5) is 12.3. The number of hydrogen-bond acceptors (Lipinski definition) is 8. The number of likely N-dealkylation sites (tertiary alicyclic amines) is 1. The van der Waals surface area contributed by atoms with E-state index in [1.165, 1.54) is 6.07 Å². The summed E-state index contributed by atoms with van der Waals surface area (Å²) in [5.41, 5.74) is 4.37. The number of aromatic nitrogens is 5. The first kappa shape index (κ1) is 30.1. The Morgan fingerprint density at radius 1 is 0.979 bits per heavy atom. The highest BCUT2D eigenvalue weighted by Crippen LogP contribution is 2.50. The van der Waals surface area contributed by atoms with Gasteiger partial charge in [-0.2, -0.15) is 5.10 Å². The van der Waals surface area contributed by atoms with Crippen molar-refractivity contribution in [3.05, 3.63) is 88.2 Å². The molecule has 3 atom stereocenters. The molecular weight excluding hydrogens is 635 g/mol. The number of benzene rings is 3. The fourth-order valence-electron chi connectivity index (χ4n) is 7.31. The van der Waals surface area contributed by atoms with Crippen molar-refractivity contribution in [3.63, 3.8) is 0 Å². The molecule has 0 bridgehead atoms. The van der Waals surface area contributed by atoms with Crippen molar-refractivity contribution in [1.29, 1.82) is 0 Å². The van der Waals surface area contributed by atoms with Crippen LogP contribution >= 0.6 is 11.6 Å². The second-order valence-electron chi connectivity index (χ2n) is 13.3. The van der Waals surface area contributed by atoms with Crippen molar-refractivity contribution in [2.24, 2.45) is 0 Å². The third-order valence-electron chi connectivity index (χ3n) is 10.2. The minimum Gasteiger partial charge on any atom is -0.444 e. The van der Waals surface area contributed by atoms with E-state index >= 15 is 0 Å². The number of aromatic amines is 1. The molecule has 2 unspecified atom stereocenters. The van der Waals surface area contributed by atoms with Gasteiger partial charge in [-0.25, -0.2) is 14.4 Å². The van der Waals surface area contributed by atoms with E-state index in [0.717, 1.165) is 98.9 Å². The Labute approximate surface area is 282 Å². The molecule has 0 amide bonds. The molecule has 3 fully saturated rings. The Balaban J connectivity index is 0.922. The van der Waals surface area contributed by atoms with Gasteiger partial charge in [0.05, 0.1) is 42.4 Å². The van der Waals surface area contributed by atoms with Gasteiger partial charge in [0.1, 0.15) is 17.7 Å². The number of imidazole rings is 1. The number of ether oxygens (including phenoxy) is 4. The Bertz CT molecular complexity index is 2000. The molecule has 0 spiro atoms. The van der Waals surface area contributed by atoms with Gasteiger partial charge in [-0.1, -0.05) is 23.7 Å². The van der Waals surface area contributed by atoms with Crippen molar-refractivity contribution in [2.45, 2.75) is 69.6 Å². The van der Waals surface area contributed by atoms with Crippen LogP contribution in [0.15, 0.2) is 54.6 Å². The highest BCUT2D eigenvalue weighted by Gasteiger charge is 2.43. The fraction of sp³-hybridized carbons (Fsp3) is 0.417. The predicted molar refractivity (Wildman–Crippen MR) is 176 cm³/mol. The van der Waals surface area contributed by atoms with Crippen LogP contribution in [0.1, 0.15) is 67.4 Å². The number of rotatable bonds is 8. The number of halogens is 2. The van der Waals surface area contributed by atoms with Crippen LogP contribution < -0.4 is 9.47 Å². The van der Waals surface area contributed by atoms with E-state index in [4.69, 9.17) is 40.5 Å². The first-order chi connectivity index (χ1) is 23.4. The lowest BCUT2D eigenvalue weighted by Gasteiger charge is -2.33. The summed E-state index contributed by atoms with van der Waals surface area (Å²) in [5, 5.41) is 7.83. The molecule has 4 aliphatic rings. The molecule has 248 valence electrons. The second kappa shape index (κ2) is 11.8. The van der Waals surface area contributed by atoms with Crippen LogP contribution in [0.3, 0.4) is 0 Å². The molecule has 3 aromatic carbocycles. The summed E-state index contributed by atoms with van der Waals surface area (Å²) in [5.74, 6) is 2.37. The number of nitrogens with zero attached hydrogens (tertiary/aromatic N) is 5. The van der Waals surface area contributed by atoms with Crippen LogP contribution in [-0.4, -0.2) is 62.0 Å². The first-order valence-electron chi connectivity index (χ1n) is 16.7. The van der Waals surface area contributed by atoms with E-state index in [-0.39, 0.29) is 12.2 Å². The molecule has 3 saturated heterocycles. The molecule has 10 nitrogen and oxygen atoms in total. The fourth-order valence-corrected chi connectivity index (χ4v) is 7.47. The van der Waals surface area contributed by atoms with Crippen molar-refractivity contribution < 1.29 is 23.3 Å². The maximum absolute atomic E-state index is 14.9. The number of fused-ring (bicyclic) bond motifs is 2. The number of H-pyrrole nitrogens is 1. The largest absolute Gasteiger partial charge is 0.444 e. The topological polar surface area (TPSA) is 99.6 Å². The molecule has 0 saturated carbocycles. The zero-order valence-electron chi connectivity index (χ0n) is 26.6. The third kappa shape index (κ3) is 5.33. The van der Waals surface area contributed by atoms with E-state index in [0.29, 0.717) is 33.8 Å². The molecule has 48 heavy (non-hydrogen) atoms. The van der Waals surface area contributed by atoms with Gasteiger partial charge in [-0.05, 0) is 80.7 Å². The van der Waals surface area contributed by atoms with Crippen molar-refractivity contribution in [2.75, 3.05) is 26.3 Å². The number of nitrogens with one attached hydrogen (secondary N) is 1. The van der Waals surface area contributed by atoms with Gasteiger partial charge in [0, 0.05) is 36.1 Å². The molecule has 5 aromatic rings. The number of para-hydroxylation sites is 1. The summed E-state index contributed by atoms with van der Waals surface area (Å²) in [7, 11) is 0. The second-order valence-corrected chi connectivity index (χ2v) is 13.8. The highest BCUT2D eigenvalue weighted by molar-refractivity contribution is 6.30. The minimum absolute atomic E-state index is 0.00946. The molecule has 9 rings (SSSR count). The highest BCUT2D eigenvalue weighted by atomic mass is 35.5. The van der Waals surface area contributed by atoms with Crippen LogP contribution in [0, 0.1) is 5.82 Å². The SMILES string of the molecule is CC1(c2ccc(Cl)cc2F)Oc2cccc(C3CCN(Cc4nc5cc(-c6n[nH]c(C7CCO7)n6)ccc5n4C[C@@H]4CCO4)CC3)c2O1. The van der Waals surface area contributed by atoms with Crippen LogP contribution in [0.2, 0.25) is 5.02 Å². The normalized spacial score (nSPS) is 24.1. The van der Waals surface area contributed by atoms with Crippen molar-refractivity contribution in [3.8, 4) is 22.9 Å². The van der Waals surface area contributed by atoms with Crippen molar-refractivity contribution >= 4 is 22.6 Å². The summed E-state index contributed by atoms with van der Waals surface area (Å²) in [6.45, 7) is 6.68. The summed E-state index contributed by atoms with van der Waals surface area (Å²) in [6, 6.07) is 16.8.